The van der Waals surface area contributed by atoms with Crippen molar-refractivity contribution in [3.05, 3.63) is 35.9 Å². The van der Waals surface area contributed by atoms with E-state index < -0.39 is 0 Å². The molecule has 2 heteroatoms. The van der Waals surface area contributed by atoms with Gasteiger partial charge in [0.2, 0.25) is 0 Å². The summed E-state index contributed by atoms with van der Waals surface area (Å²) in [6.07, 6.45) is 4.24. The molecule has 0 atom stereocenters. The van der Waals surface area contributed by atoms with Gasteiger partial charge in [0.25, 0.3) is 0 Å². The second-order valence-corrected chi connectivity index (χ2v) is 4.23. The zero-order valence-electron chi connectivity index (χ0n) is 9.12. The van der Waals surface area contributed by atoms with E-state index >= 15 is 0 Å². The first-order chi connectivity index (χ1) is 7.28. The zero-order valence-corrected chi connectivity index (χ0v) is 9.12. The molecule has 1 fully saturated rings. The molecule has 2 nitrogen and oxygen atoms in total. The van der Waals surface area contributed by atoms with Crippen LogP contribution in [0.3, 0.4) is 0 Å². The van der Waals surface area contributed by atoms with Crippen LogP contribution in [-0.4, -0.2) is 18.4 Å². The molecule has 15 heavy (non-hydrogen) atoms. The molecule has 1 N–H and O–H groups in total. The van der Waals surface area contributed by atoms with E-state index in [0.717, 1.165) is 31.2 Å². The third-order valence-electron chi connectivity index (χ3n) is 3.41. The van der Waals surface area contributed by atoms with Gasteiger partial charge in [0.1, 0.15) is 0 Å². The zero-order chi connectivity index (χ0) is 10.7. The van der Waals surface area contributed by atoms with Crippen molar-refractivity contribution in [2.24, 2.45) is 0 Å². The summed E-state index contributed by atoms with van der Waals surface area (Å²) in [5, 5.41) is 3.23. The van der Waals surface area contributed by atoms with Crippen molar-refractivity contribution in [2.45, 2.75) is 31.2 Å². The SMILES string of the molecule is CNC1(C(=O)c2ccccc2)CCCC1. The van der Waals surface area contributed by atoms with Crippen LogP contribution >= 0.6 is 0 Å². The number of benzene rings is 1. The highest BCUT2D eigenvalue weighted by Gasteiger charge is 2.39. The fourth-order valence-electron chi connectivity index (χ4n) is 2.43. The van der Waals surface area contributed by atoms with Gasteiger partial charge >= 0.3 is 0 Å². The average Bonchev–Trinajstić information content (AvgIpc) is 2.79. The summed E-state index contributed by atoms with van der Waals surface area (Å²) in [6.45, 7) is 0. The van der Waals surface area contributed by atoms with Crippen molar-refractivity contribution in [2.75, 3.05) is 7.05 Å². The van der Waals surface area contributed by atoms with Crippen LogP contribution < -0.4 is 5.32 Å². The van der Waals surface area contributed by atoms with Crippen molar-refractivity contribution in [1.29, 1.82) is 0 Å². The van der Waals surface area contributed by atoms with Gasteiger partial charge in [-0.2, -0.15) is 0 Å². The minimum Gasteiger partial charge on any atom is -0.308 e. The smallest absolute Gasteiger partial charge is 0.182 e. The van der Waals surface area contributed by atoms with Crippen LogP contribution in [0.2, 0.25) is 0 Å². The van der Waals surface area contributed by atoms with Gasteiger partial charge in [-0.15, -0.1) is 0 Å². The number of rotatable bonds is 3. The van der Waals surface area contributed by atoms with E-state index in [1.165, 1.54) is 0 Å². The summed E-state index contributed by atoms with van der Waals surface area (Å²) < 4.78 is 0. The van der Waals surface area contributed by atoms with Crippen molar-refractivity contribution < 1.29 is 4.79 Å². The van der Waals surface area contributed by atoms with Crippen LogP contribution in [0.15, 0.2) is 30.3 Å². The molecular weight excluding hydrogens is 186 g/mol. The minimum absolute atomic E-state index is 0.253. The Bertz CT molecular complexity index is 339. The van der Waals surface area contributed by atoms with Gasteiger partial charge in [-0.05, 0) is 19.9 Å². The third-order valence-corrected chi connectivity index (χ3v) is 3.41. The molecule has 0 aromatic heterocycles. The van der Waals surface area contributed by atoms with E-state index in [4.69, 9.17) is 0 Å². The van der Waals surface area contributed by atoms with Gasteiger partial charge in [-0.3, -0.25) is 4.79 Å². The maximum absolute atomic E-state index is 12.3. The summed E-state index contributed by atoms with van der Waals surface area (Å²) >= 11 is 0. The summed E-state index contributed by atoms with van der Waals surface area (Å²) in [4.78, 5) is 12.3. The summed E-state index contributed by atoms with van der Waals surface area (Å²) in [7, 11) is 1.90. The second kappa shape index (κ2) is 4.15. The van der Waals surface area contributed by atoms with Gasteiger partial charge in [0.15, 0.2) is 5.78 Å². The molecule has 80 valence electrons. The van der Waals surface area contributed by atoms with Crippen LogP contribution in [0, 0.1) is 0 Å². The predicted molar refractivity (Wildman–Crippen MR) is 61.0 cm³/mol. The first kappa shape index (κ1) is 10.4. The fraction of sp³-hybridized carbons (Fsp3) is 0.462. The largest absolute Gasteiger partial charge is 0.308 e. The van der Waals surface area contributed by atoms with Gasteiger partial charge in [0.05, 0.1) is 5.54 Å². The standard InChI is InChI=1S/C13H17NO/c1-14-13(9-5-6-10-13)12(15)11-7-3-2-4-8-11/h2-4,7-8,14H,5-6,9-10H2,1H3. The number of carbonyl (C=O) groups is 1. The lowest BCUT2D eigenvalue weighted by molar-refractivity contribution is 0.0863. The van der Waals surface area contributed by atoms with E-state index in [1.807, 2.05) is 37.4 Å². The molecule has 0 spiro atoms. The number of nitrogens with one attached hydrogen (secondary N) is 1. The first-order valence-corrected chi connectivity index (χ1v) is 5.57. The molecule has 0 heterocycles. The molecule has 0 radical (unpaired) electrons. The molecule has 0 amide bonds. The lowest BCUT2D eigenvalue weighted by Crippen LogP contribution is -2.47. The average molecular weight is 203 g/mol. The van der Waals surface area contributed by atoms with Gasteiger partial charge in [-0.1, -0.05) is 43.2 Å². The summed E-state index contributed by atoms with van der Waals surface area (Å²) in [5.74, 6) is 0.253. The number of likely N-dealkylation sites (N-methyl/N-ethyl adjacent to an activating group) is 1. The maximum Gasteiger partial charge on any atom is 0.182 e. The molecule has 0 saturated heterocycles. The Morgan fingerprint density at radius 2 is 1.80 bits per heavy atom. The number of hydrogen-bond donors (Lipinski definition) is 1. The van der Waals surface area contributed by atoms with E-state index in [1.54, 1.807) is 0 Å². The fourth-order valence-corrected chi connectivity index (χ4v) is 2.43. The molecule has 1 aromatic rings. The highest BCUT2D eigenvalue weighted by atomic mass is 16.1. The molecule has 2 rings (SSSR count). The van der Waals surface area contributed by atoms with Crippen molar-refractivity contribution in [3.63, 3.8) is 0 Å². The molecular formula is C13H17NO. The monoisotopic (exact) mass is 203 g/mol. The van der Waals surface area contributed by atoms with E-state index in [9.17, 15) is 4.79 Å². The Morgan fingerprint density at radius 1 is 1.20 bits per heavy atom. The predicted octanol–water partition coefficient (Wildman–Crippen LogP) is 2.40. The minimum atomic E-state index is -0.290. The van der Waals surface area contributed by atoms with Crippen LogP contribution in [0.5, 0.6) is 0 Å². The summed E-state index contributed by atoms with van der Waals surface area (Å²) in [6, 6.07) is 9.59. The van der Waals surface area contributed by atoms with Crippen molar-refractivity contribution in [1.82, 2.24) is 5.32 Å². The molecule has 1 aliphatic carbocycles. The first-order valence-electron chi connectivity index (χ1n) is 5.57. The second-order valence-electron chi connectivity index (χ2n) is 4.23. The van der Waals surface area contributed by atoms with Crippen LogP contribution in [0.25, 0.3) is 0 Å². The molecule has 1 aromatic carbocycles. The Balaban J connectivity index is 2.27. The van der Waals surface area contributed by atoms with E-state index in [0.29, 0.717) is 0 Å². The molecule has 1 saturated carbocycles. The summed E-state index contributed by atoms with van der Waals surface area (Å²) in [5.41, 5.74) is 0.537. The maximum atomic E-state index is 12.3. The third kappa shape index (κ3) is 1.82. The van der Waals surface area contributed by atoms with E-state index in [-0.39, 0.29) is 11.3 Å². The van der Waals surface area contributed by atoms with Crippen LogP contribution in [0.1, 0.15) is 36.0 Å². The topological polar surface area (TPSA) is 29.1 Å². The van der Waals surface area contributed by atoms with Gasteiger partial charge < -0.3 is 5.32 Å². The highest BCUT2D eigenvalue weighted by Crippen LogP contribution is 2.32. The van der Waals surface area contributed by atoms with Crippen LogP contribution in [-0.2, 0) is 0 Å². The van der Waals surface area contributed by atoms with Gasteiger partial charge in [0, 0.05) is 5.56 Å². The molecule has 0 bridgehead atoms. The molecule has 0 aliphatic heterocycles. The normalized spacial score (nSPS) is 19.0. The number of hydrogen-bond acceptors (Lipinski definition) is 2. The Morgan fingerprint density at radius 3 is 2.33 bits per heavy atom. The number of carbonyl (C=O) groups excluding carboxylic acids is 1. The van der Waals surface area contributed by atoms with Crippen molar-refractivity contribution >= 4 is 5.78 Å². The number of ketones is 1. The molecule has 1 aliphatic rings. The Labute approximate surface area is 90.7 Å². The lowest BCUT2D eigenvalue weighted by Gasteiger charge is -2.26. The quantitative estimate of drug-likeness (QED) is 0.764. The Kier molecular flexibility index (Phi) is 2.87. The van der Waals surface area contributed by atoms with E-state index in [2.05, 4.69) is 5.32 Å². The number of Topliss-reactive ketones (excluding diaryl/α,β-unsaturated/α-hetero) is 1. The van der Waals surface area contributed by atoms with Gasteiger partial charge in [-0.25, -0.2) is 0 Å². The highest BCUT2D eigenvalue weighted by molar-refractivity contribution is 6.03. The van der Waals surface area contributed by atoms with Crippen LogP contribution in [0.4, 0.5) is 0 Å². The Hall–Kier alpha value is -1.15. The lowest BCUT2D eigenvalue weighted by atomic mass is 9.88. The molecule has 0 unspecified atom stereocenters. The van der Waals surface area contributed by atoms with Crippen molar-refractivity contribution in [3.8, 4) is 0 Å².